The predicted molar refractivity (Wildman–Crippen MR) is 170 cm³/mol. The second-order valence-electron chi connectivity index (χ2n) is 5.41. The van der Waals surface area contributed by atoms with Crippen LogP contribution in [-0.2, 0) is 4.57 Å². The molecule has 0 bridgehead atoms. The molecule has 0 saturated carbocycles. The Morgan fingerprint density at radius 1 is 0.700 bits per heavy atom. The summed E-state index contributed by atoms with van der Waals surface area (Å²) in [6.07, 6.45) is 0. The van der Waals surface area contributed by atoms with Gasteiger partial charge in [-0.2, -0.15) is 0 Å². The van der Waals surface area contributed by atoms with E-state index in [0.717, 1.165) is 0 Å². The molecule has 3 N–H and O–H groups in total. The number of thioether (sulfide) groups is 1. The molecular weight excluding hydrogens is 597 g/mol. The molecule has 5 nitrogen and oxygen atoms in total. The van der Waals surface area contributed by atoms with Crippen molar-refractivity contribution in [3.63, 3.8) is 0 Å². The second-order valence-corrected chi connectivity index (χ2v) is 14.1. The zero-order chi connectivity index (χ0) is 23.2. The van der Waals surface area contributed by atoms with Crippen molar-refractivity contribution in [2.75, 3.05) is 0 Å². The van der Waals surface area contributed by atoms with Gasteiger partial charge in [-0.3, -0.25) is 4.79 Å². The van der Waals surface area contributed by atoms with Crippen molar-refractivity contribution in [3.8, 4) is 0 Å². The van der Waals surface area contributed by atoms with Gasteiger partial charge in [0.15, 0.2) is 0 Å². The number of hydrogen-bond donors (Lipinski definition) is 7. The molecule has 0 unspecified atom stereocenters. The van der Waals surface area contributed by atoms with Gasteiger partial charge >= 0.3 is 77.0 Å². The minimum absolute atomic E-state index is 0. The summed E-state index contributed by atoms with van der Waals surface area (Å²) in [5.74, 6) is 0. The van der Waals surface area contributed by atoms with Crippen molar-refractivity contribution in [2.24, 2.45) is 0 Å². The molecule has 0 saturated heterocycles. The van der Waals surface area contributed by atoms with Gasteiger partial charge in [0, 0.05) is 21.0 Å². The van der Waals surface area contributed by atoms with Crippen molar-refractivity contribution < 1.29 is 32.6 Å². The van der Waals surface area contributed by atoms with Crippen molar-refractivity contribution in [1.82, 2.24) is 0 Å². The Hall–Kier alpha value is 4.88. The maximum Gasteiger partial charge on any atom is 2.00 e. The summed E-state index contributed by atoms with van der Waals surface area (Å²) in [4.78, 5) is 31.6. The van der Waals surface area contributed by atoms with Crippen LogP contribution in [0.3, 0.4) is 0 Å². The molecule has 182 valence electrons. The third-order valence-electron chi connectivity index (χ3n) is 0.969. The third kappa shape index (κ3) is 151. The molecule has 0 fully saturated rings. The van der Waals surface area contributed by atoms with Gasteiger partial charge in [-0.15, -0.1) is 35.0 Å². The molecule has 0 aliphatic carbocycles. The molecular formula is C13H41Mg3O5PS8. The van der Waals surface area contributed by atoms with Crippen LogP contribution in [0.15, 0.2) is 0 Å². The molecule has 0 aromatic carbocycles. The maximum absolute atomic E-state index is 10.1. The number of carbonyl (C=O) groups is 1. The van der Waals surface area contributed by atoms with Gasteiger partial charge in [-0.1, -0.05) is 112 Å². The Bertz CT molecular complexity index is 351. The average Bonchev–Trinajstić information content (AvgIpc) is 2.45. The van der Waals surface area contributed by atoms with E-state index >= 15 is 0 Å². The van der Waals surface area contributed by atoms with Gasteiger partial charge in [0.25, 0.3) is 0 Å². The number of hydrogen-bond acceptors (Lipinski definition) is 9. The minimum atomic E-state index is -4.64. The molecule has 17 heteroatoms. The largest absolute Gasteiger partial charge is 2.00 e. The molecule has 0 aromatic heterocycles. The van der Waals surface area contributed by atoms with Crippen LogP contribution in [0.4, 0.5) is 4.79 Å². The quantitative estimate of drug-likeness (QED) is 0.0787. The van der Waals surface area contributed by atoms with E-state index < -0.39 is 7.82 Å². The number of rotatable bonds is 4. The third-order valence-corrected chi connectivity index (χ3v) is 7.02. The van der Waals surface area contributed by atoms with Gasteiger partial charge in [0.2, 0.25) is 4.45 Å². The summed E-state index contributed by atoms with van der Waals surface area (Å²) in [6.45, 7) is 16.6. The topological polar surface area (TPSA) is 94.8 Å². The summed E-state index contributed by atoms with van der Waals surface area (Å²) in [5.41, 5.74) is 0. The maximum atomic E-state index is 10.1. The summed E-state index contributed by atoms with van der Waals surface area (Å²) >= 11 is 16.6. The van der Waals surface area contributed by atoms with Crippen LogP contribution in [-0.4, -0.2) is 109 Å². The summed E-state index contributed by atoms with van der Waals surface area (Å²) in [7, 11) is 0.0833. The monoisotopic (exact) mass is 636 g/mol. The van der Waals surface area contributed by atoms with Gasteiger partial charge in [-0.05, 0) is 0 Å². The molecule has 0 radical (unpaired) electrons. The molecule has 30 heavy (non-hydrogen) atoms. The van der Waals surface area contributed by atoms with E-state index in [1.807, 2.05) is 13.8 Å². The van der Waals surface area contributed by atoms with Crippen LogP contribution in [0.2, 0.25) is 0 Å². The first kappa shape index (κ1) is 55.4. The first-order chi connectivity index (χ1) is 11.9. The first-order valence-corrected chi connectivity index (χ1v) is 16.2. The number of thiol groups is 4. The zero-order valence-electron chi connectivity index (χ0n) is 25.0. The fraction of sp³-hybridized carbons (Fsp3) is 0.923. The smallest absolute Gasteiger partial charge is 1.00 e. The predicted octanol–water partition coefficient (Wildman–Crippen LogP) is 6.70. The first-order valence-electron chi connectivity index (χ1n) is 7.52. The van der Waals surface area contributed by atoms with Crippen LogP contribution in [0, 0.1) is 0 Å². The molecule has 0 aliphatic heterocycles. The Labute approximate surface area is 278 Å². The van der Waals surface area contributed by atoms with Crippen LogP contribution in [0.1, 0.15) is 63.9 Å². The summed E-state index contributed by atoms with van der Waals surface area (Å²) in [5, 5.41) is 2.36. The molecule has 0 rings (SSSR count). The van der Waals surface area contributed by atoms with Gasteiger partial charge in [-0.25, -0.2) is 4.57 Å². The fourth-order valence-corrected chi connectivity index (χ4v) is 1.24. The van der Waals surface area contributed by atoms with Crippen molar-refractivity contribution in [3.05, 3.63) is 0 Å². The van der Waals surface area contributed by atoms with Crippen molar-refractivity contribution in [1.29, 1.82) is 0 Å². The second kappa shape index (κ2) is 41.0. The van der Waals surface area contributed by atoms with Gasteiger partial charge < -0.3 is 23.2 Å². The minimum Gasteiger partial charge on any atom is -1.00 e. The zero-order valence-corrected chi connectivity index (χ0v) is 30.9. The molecule has 0 aromatic rings. The molecule has 0 heterocycles. The Morgan fingerprint density at radius 3 is 0.833 bits per heavy atom. The van der Waals surface area contributed by atoms with E-state index in [9.17, 15) is 4.79 Å². The van der Waals surface area contributed by atoms with Crippen molar-refractivity contribution >= 4 is 173 Å². The molecule has 0 spiro atoms. The van der Waals surface area contributed by atoms with Crippen LogP contribution in [0.5, 0.6) is 0 Å². The van der Waals surface area contributed by atoms with E-state index in [2.05, 4.69) is 89.2 Å². The van der Waals surface area contributed by atoms with Gasteiger partial charge in [0.05, 0.1) is 0 Å². The summed E-state index contributed by atoms with van der Waals surface area (Å²) < 4.78 is 8.78. The average molecular weight is 638 g/mol. The van der Waals surface area contributed by atoms with Crippen LogP contribution < -0.4 is 0 Å². The Morgan fingerprint density at radius 2 is 0.833 bits per heavy atom. The number of carbonyl (C=O) groups excluding carboxylic acids is 1. The van der Waals surface area contributed by atoms with Crippen LogP contribution in [0.25, 0.3) is 0 Å². The fourth-order valence-electron chi connectivity index (χ4n) is 0.202. The number of phosphoric acid groups is 1. The normalized spacial score (nSPS) is 9.03. The Balaban J connectivity index is -0.0000000133. The van der Waals surface area contributed by atoms with Crippen molar-refractivity contribution in [2.45, 2.75) is 76.4 Å². The van der Waals surface area contributed by atoms with Gasteiger partial charge in [0.1, 0.15) is 0 Å². The Kier molecular flexibility index (Phi) is 75.8. The standard InChI is InChI=1S/C4H8OS2.3C3H8S2.3Mg.H3O4P.6H/c1-3(2)7-4(5)6;3*1-3(2)5-4;;;;1-5(2,3)4;;;;;;/h3H,1-2H3,(H,5,6);3*3-4H,1-2H3;;;;(H3,1,2,3,4);;;;;;/q;;;;3*+2;;6*-1. The molecule has 0 atom stereocenters. The SMILES string of the molecule is CC(C)SC(=O)S.CC(C)SS.CC(C)SS.CC(C)SS.O=P(O)(O)O.[H-].[H-].[H-].[H-].[H-].[H-].[Mg+2].[Mg+2].[Mg+2]. The van der Waals surface area contributed by atoms with E-state index in [4.69, 9.17) is 19.2 Å². The molecule has 0 aliphatic rings. The van der Waals surface area contributed by atoms with E-state index in [1.54, 1.807) is 32.4 Å². The van der Waals surface area contributed by atoms with E-state index in [-0.39, 0.29) is 82.2 Å². The van der Waals surface area contributed by atoms with E-state index in [0.29, 0.717) is 21.0 Å². The van der Waals surface area contributed by atoms with E-state index in [1.165, 1.54) is 11.8 Å². The summed E-state index contributed by atoms with van der Waals surface area (Å²) in [6, 6.07) is 0. The molecule has 0 amide bonds. The van der Waals surface area contributed by atoms with Crippen LogP contribution >= 0.6 is 99.6 Å².